The van der Waals surface area contributed by atoms with Crippen LogP contribution >= 0.6 is 11.6 Å². The second kappa shape index (κ2) is 8.21. The van der Waals surface area contributed by atoms with E-state index in [1.165, 1.54) is 32.1 Å². The van der Waals surface area contributed by atoms with Gasteiger partial charge in [-0.05, 0) is 38.9 Å². The van der Waals surface area contributed by atoms with Crippen molar-refractivity contribution in [1.29, 1.82) is 5.26 Å². The summed E-state index contributed by atoms with van der Waals surface area (Å²) in [7, 11) is 2.22. The predicted molar refractivity (Wildman–Crippen MR) is 86.6 cm³/mol. The average Bonchev–Trinajstić information content (AvgIpc) is 2.53. The Morgan fingerprint density at radius 1 is 1.43 bits per heavy atom. The zero-order valence-electron chi connectivity index (χ0n) is 12.6. The summed E-state index contributed by atoms with van der Waals surface area (Å²) < 4.78 is 0. The van der Waals surface area contributed by atoms with Crippen molar-refractivity contribution in [3.8, 4) is 6.07 Å². The maximum absolute atomic E-state index is 8.93. The monoisotopic (exact) mass is 306 g/mol. The van der Waals surface area contributed by atoms with Crippen molar-refractivity contribution in [2.24, 2.45) is 0 Å². The average molecular weight is 307 g/mol. The van der Waals surface area contributed by atoms with Crippen molar-refractivity contribution >= 4 is 17.4 Å². The molecule has 0 aliphatic heterocycles. The zero-order chi connectivity index (χ0) is 15.1. The SMILES string of the molecule is CN(CCCNc1nccc(C#N)c1Cl)C1CCCCC1. The van der Waals surface area contributed by atoms with E-state index >= 15 is 0 Å². The van der Waals surface area contributed by atoms with Crippen LogP contribution in [0.15, 0.2) is 12.3 Å². The number of nitrogens with one attached hydrogen (secondary N) is 1. The topological polar surface area (TPSA) is 52.0 Å². The molecule has 1 aliphatic rings. The molecule has 4 nitrogen and oxygen atoms in total. The quantitative estimate of drug-likeness (QED) is 0.815. The molecular formula is C16H23ClN4. The van der Waals surface area contributed by atoms with Crippen LogP contribution in [0.25, 0.3) is 0 Å². The first kappa shape index (κ1) is 16.1. The minimum Gasteiger partial charge on any atom is -0.369 e. The van der Waals surface area contributed by atoms with Crippen molar-refractivity contribution in [1.82, 2.24) is 9.88 Å². The van der Waals surface area contributed by atoms with E-state index in [1.807, 2.05) is 0 Å². The van der Waals surface area contributed by atoms with Gasteiger partial charge in [-0.2, -0.15) is 5.26 Å². The highest BCUT2D eigenvalue weighted by Gasteiger charge is 2.17. The molecule has 0 atom stereocenters. The molecule has 1 saturated carbocycles. The van der Waals surface area contributed by atoms with Gasteiger partial charge >= 0.3 is 0 Å². The Bertz CT molecular complexity index is 492. The van der Waals surface area contributed by atoms with Gasteiger partial charge in [-0.1, -0.05) is 30.9 Å². The zero-order valence-corrected chi connectivity index (χ0v) is 13.4. The summed E-state index contributed by atoms with van der Waals surface area (Å²) in [6, 6.07) is 4.45. The van der Waals surface area contributed by atoms with Crippen molar-refractivity contribution in [2.75, 3.05) is 25.5 Å². The lowest BCUT2D eigenvalue weighted by atomic mass is 9.94. The van der Waals surface area contributed by atoms with Crippen LogP contribution in [-0.2, 0) is 0 Å². The first-order chi connectivity index (χ1) is 10.2. The molecule has 0 bridgehead atoms. The first-order valence-corrected chi connectivity index (χ1v) is 8.09. The van der Waals surface area contributed by atoms with Crippen LogP contribution in [-0.4, -0.2) is 36.1 Å². The standard InChI is InChI=1S/C16H23ClN4/c1-21(14-6-3-2-4-7-14)11-5-9-19-16-15(17)13(12-18)8-10-20-16/h8,10,14H,2-7,9,11H2,1H3,(H,19,20). The summed E-state index contributed by atoms with van der Waals surface area (Å²) in [6.45, 7) is 1.89. The van der Waals surface area contributed by atoms with Gasteiger partial charge in [0.25, 0.3) is 0 Å². The van der Waals surface area contributed by atoms with Crippen molar-refractivity contribution < 1.29 is 0 Å². The lowest BCUT2D eigenvalue weighted by Gasteiger charge is -2.31. The fourth-order valence-electron chi connectivity index (χ4n) is 2.89. The number of pyridine rings is 1. The molecule has 1 N–H and O–H groups in total. The lowest BCUT2D eigenvalue weighted by molar-refractivity contribution is 0.191. The minimum atomic E-state index is 0.417. The van der Waals surface area contributed by atoms with Gasteiger partial charge in [0.1, 0.15) is 16.9 Å². The number of nitriles is 1. The molecule has 0 spiro atoms. The summed E-state index contributed by atoms with van der Waals surface area (Å²) >= 11 is 6.11. The summed E-state index contributed by atoms with van der Waals surface area (Å²) in [5, 5.41) is 12.6. The first-order valence-electron chi connectivity index (χ1n) is 7.71. The number of halogens is 1. The van der Waals surface area contributed by atoms with Crippen LogP contribution in [0.2, 0.25) is 5.02 Å². The number of hydrogen-bond donors (Lipinski definition) is 1. The van der Waals surface area contributed by atoms with Crippen LogP contribution in [0.5, 0.6) is 0 Å². The van der Waals surface area contributed by atoms with Crippen LogP contribution < -0.4 is 5.32 Å². The van der Waals surface area contributed by atoms with E-state index in [4.69, 9.17) is 16.9 Å². The second-order valence-corrected chi connectivity index (χ2v) is 6.06. The van der Waals surface area contributed by atoms with Gasteiger partial charge in [-0.25, -0.2) is 4.98 Å². The van der Waals surface area contributed by atoms with E-state index in [1.54, 1.807) is 12.3 Å². The largest absolute Gasteiger partial charge is 0.369 e. The van der Waals surface area contributed by atoms with E-state index < -0.39 is 0 Å². The minimum absolute atomic E-state index is 0.417. The Morgan fingerprint density at radius 3 is 2.90 bits per heavy atom. The Morgan fingerprint density at radius 2 is 2.19 bits per heavy atom. The van der Waals surface area contributed by atoms with Crippen LogP contribution in [0, 0.1) is 11.3 Å². The Labute approximate surface area is 132 Å². The van der Waals surface area contributed by atoms with Gasteiger partial charge in [-0.3, -0.25) is 0 Å². The van der Waals surface area contributed by atoms with Crippen molar-refractivity contribution in [3.63, 3.8) is 0 Å². The normalized spacial score (nSPS) is 15.9. The van der Waals surface area contributed by atoms with Crippen molar-refractivity contribution in [3.05, 3.63) is 22.8 Å². The van der Waals surface area contributed by atoms with E-state index in [2.05, 4.69) is 28.3 Å². The van der Waals surface area contributed by atoms with Gasteiger partial charge in [0, 0.05) is 18.8 Å². The summed E-state index contributed by atoms with van der Waals surface area (Å²) in [5.41, 5.74) is 0.466. The predicted octanol–water partition coefficient (Wildman–Crippen LogP) is 3.67. The molecule has 1 aromatic heterocycles. The molecule has 114 valence electrons. The molecule has 1 aliphatic carbocycles. The Hall–Kier alpha value is -1.31. The molecule has 5 heteroatoms. The van der Waals surface area contributed by atoms with Gasteiger partial charge < -0.3 is 10.2 Å². The van der Waals surface area contributed by atoms with Gasteiger partial charge in [0.05, 0.1) is 5.56 Å². The number of aromatic nitrogens is 1. The molecule has 0 radical (unpaired) electrons. The molecule has 21 heavy (non-hydrogen) atoms. The van der Waals surface area contributed by atoms with Crippen LogP contribution in [0.3, 0.4) is 0 Å². The van der Waals surface area contributed by atoms with E-state index in [0.29, 0.717) is 16.4 Å². The third-order valence-corrected chi connectivity index (χ3v) is 4.57. The van der Waals surface area contributed by atoms with Gasteiger partial charge in [0.2, 0.25) is 0 Å². The van der Waals surface area contributed by atoms with Crippen LogP contribution in [0.4, 0.5) is 5.82 Å². The molecule has 1 heterocycles. The maximum atomic E-state index is 8.93. The second-order valence-electron chi connectivity index (χ2n) is 5.69. The Balaban J connectivity index is 1.73. The Kier molecular flexibility index (Phi) is 6.28. The highest BCUT2D eigenvalue weighted by molar-refractivity contribution is 6.34. The molecule has 0 aromatic carbocycles. The number of hydrogen-bond acceptors (Lipinski definition) is 4. The summed E-state index contributed by atoms with van der Waals surface area (Å²) in [6.07, 6.45) is 9.46. The highest BCUT2D eigenvalue weighted by atomic mass is 35.5. The third kappa shape index (κ3) is 4.59. The molecular weight excluding hydrogens is 284 g/mol. The molecule has 0 amide bonds. The van der Waals surface area contributed by atoms with Crippen molar-refractivity contribution in [2.45, 2.75) is 44.6 Å². The summed E-state index contributed by atoms with van der Waals surface area (Å²) in [4.78, 5) is 6.66. The number of anilines is 1. The smallest absolute Gasteiger partial charge is 0.146 e. The molecule has 0 unspecified atom stereocenters. The maximum Gasteiger partial charge on any atom is 0.146 e. The highest BCUT2D eigenvalue weighted by Crippen LogP contribution is 2.23. The van der Waals surface area contributed by atoms with E-state index in [9.17, 15) is 0 Å². The fourth-order valence-corrected chi connectivity index (χ4v) is 3.11. The third-order valence-electron chi connectivity index (χ3n) is 4.19. The van der Waals surface area contributed by atoms with Crippen LogP contribution in [0.1, 0.15) is 44.1 Å². The molecule has 1 aromatic rings. The number of rotatable bonds is 6. The summed E-state index contributed by atoms with van der Waals surface area (Å²) in [5.74, 6) is 0.607. The molecule has 0 saturated heterocycles. The van der Waals surface area contributed by atoms with E-state index in [-0.39, 0.29) is 0 Å². The molecule has 2 rings (SSSR count). The van der Waals surface area contributed by atoms with Gasteiger partial charge in [0.15, 0.2) is 0 Å². The fraction of sp³-hybridized carbons (Fsp3) is 0.625. The van der Waals surface area contributed by atoms with Gasteiger partial charge in [-0.15, -0.1) is 0 Å². The molecule has 1 fully saturated rings. The lowest BCUT2D eigenvalue weighted by Crippen LogP contribution is -2.34. The van der Waals surface area contributed by atoms with E-state index in [0.717, 1.165) is 25.6 Å². The number of nitrogens with zero attached hydrogens (tertiary/aromatic N) is 3.